The number of halogens is 1. The highest BCUT2D eigenvalue weighted by atomic mass is 35.5. The van der Waals surface area contributed by atoms with E-state index in [1.807, 2.05) is 0 Å². The first kappa shape index (κ1) is 9.44. The molecule has 11 heteroatoms. The standard InChI is InChI=1S/C2ClN4O6/c3-4-1(5(8)9)2(6(10)11)7(12)13-4/q-1. The van der Waals surface area contributed by atoms with Crippen molar-refractivity contribution in [2.75, 3.05) is 0 Å². The van der Waals surface area contributed by atoms with Crippen LogP contribution < -0.4 is 0 Å². The summed E-state index contributed by atoms with van der Waals surface area (Å²) in [7, 11) is 0. The molecule has 1 heterocycles. The van der Waals surface area contributed by atoms with Gasteiger partial charge >= 0.3 is 11.6 Å². The van der Waals surface area contributed by atoms with Crippen molar-refractivity contribution >= 4 is 11.8 Å². The van der Waals surface area contributed by atoms with E-state index in [4.69, 9.17) is 11.8 Å². The summed E-state index contributed by atoms with van der Waals surface area (Å²) in [5, 5.41) is 30.1. The van der Waals surface area contributed by atoms with Crippen LogP contribution >= 0.6 is 11.8 Å². The largest absolute Gasteiger partial charge is 0.618 e. The lowest BCUT2D eigenvalue weighted by molar-refractivity contribution is -0.484. The molecule has 0 N–H and O–H groups in total. The van der Waals surface area contributed by atoms with E-state index in [-0.39, 0.29) is 4.58 Å². The number of nitrogens with zero attached hydrogens (tertiary/aromatic N) is 4. The van der Waals surface area contributed by atoms with Crippen molar-refractivity contribution in [1.29, 1.82) is 0 Å². The zero-order valence-electron chi connectivity index (χ0n) is 5.62. The third-order valence-corrected chi connectivity index (χ3v) is 1.25. The lowest BCUT2D eigenvalue weighted by Gasteiger charge is -2.06. The number of nitro groups is 2. The Kier molecular flexibility index (Phi) is 2.18. The molecule has 13 heavy (non-hydrogen) atoms. The second-order valence-corrected chi connectivity index (χ2v) is 2.05. The number of hydrogen-bond acceptors (Lipinski definition) is 8. The molecule has 0 aromatic carbocycles. The Morgan fingerprint density at radius 2 is 1.69 bits per heavy atom. The fourth-order valence-corrected chi connectivity index (χ4v) is 0.790. The van der Waals surface area contributed by atoms with Crippen LogP contribution in [0, 0.1) is 25.4 Å². The monoisotopic (exact) mass is 211 g/mol. The second-order valence-electron chi connectivity index (χ2n) is 1.75. The molecule has 0 saturated carbocycles. The maximum Gasteiger partial charge on any atom is 0.468 e. The summed E-state index contributed by atoms with van der Waals surface area (Å²) in [4.78, 5) is 21.6. The molecule has 0 aromatic rings. The summed E-state index contributed by atoms with van der Waals surface area (Å²) in [6, 6.07) is 0. The SMILES string of the molecule is O=[N+]([O-])C1=C([N+](=O)[O-])N(Cl)ON1[O-]. The normalized spacial score (nSPS) is 16.8. The van der Waals surface area contributed by atoms with E-state index < -0.39 is 26.7 Å². The number of rotatable bonds is 2. The quantitative estimate of drug-likeness (QED) is 0.349. The molecule has 0 atom stereocenters. The molecule has 0 saturated heterocycles. The number of hydroxylamine groups is 3. The van der Waals surface area contributed by atoms with Gasteiger partial charge in [0.2, 0.25) is 0 Å². The van der Waals surface area contributed by atoms with Crippen LogP contribution in [0.25, 0.3) is 0 Å². The van der Waals surface area contributed by atoms with Crippen molar-refractivity contribution in [3.8, 4) is 0 Å². The van der Waals surface area contributed by atoms with E-state index in [1.54, 1.807) is 0 Å². The summed E-state index contributed by atoms with van der Waals surface area (Å²) in [5.41, 5.74) is 0. The highest BCUT2D eigenvalue weighted by Crippen LogP contribution is 2.26. The Hall–Kier alpha value is -1.65. The second kappa shape index (κ2) is 3.01. The van der Waals surface area contributed by atoms with E-state index in [1.165, 1.54) is 0 Å². The van der Waals surface area contributed by atoms with Crippen molar-refractivity contribution < 1.29 is 14.8 Å². The van der Waals surface area contributed by atoms with Crippen LogP contribution in [0.4, 0.5) is 0 Å². The van der Waals surface area contributed by atoms with Gasteiger partial charge in [-0.15, -0.1) is 0 Å². The maximum absolute atomic E-state index is 10.5. The lowest BCUT2D eigenvalue weighted by atomic mass is 10.7. The highest BCUT2D eigenvalue weighted by Gasteiger charge is 2.47. The summed E-state index contributed by atoms with van der Waals surface area (Å²) >= 11 is 4.97. The molecule has 1 aliphatic heterocycles. The zero-order valence-corrected chi connectivity index (χ0v) is 6.37. The van der Waals surface area contributed by atoms with E-state index >= 15 is 0 Å². The molecule has 0 unspecified atom stereocenters. The highest BCUT2D eigenvalue weighted by molar-refractivity contribution is 6.13. The van der Waals surface area contributed by atoms with Gasteiger partial charge in [-0.05, 0) is 9.85 Å². The van der Waals surface area contributed by atoms with Gasteiger partial charge in [-0.3, -0.25) is 0 Å². The van der Waals surface area contributed by atoms with Crippen LogP contribution in [0.15, 0.2) is 11.6 Å². The summed E-state index contributed by atoms with van der Waals surface area (Å²) in [5.74, 6) is -2.61. The van der Waals surface area contributed by atoms with Crippen LogP contribution in [0.1, 0.15) is 0 Å². The minimum Gasteiger partial charge on any atom is -0.618 e. The predicted molar refractivity (Wildman–Crippen MR) is 35.0 cm³/mol. The minimum atomic E-state index is -1.37. The fourth-order valence-electron chi connectivity index (χ4n) is 0.597. The molecule has 10 nitrogen and oxygen atoms in total. The molecule has 0 aromatic heterocycles. The Bertz CT molecular complexity index is 273. The van der Waals surface area contributed by atoms with Gasteiger partial charge in [-0.1, -0.05) is 5.23 Å². The lowest BCUT2D eigenvalue weighted by Crippen LogP contribution is -2.17. The van der Waals surface area contributed by atoms with Crippen LogP contribution in [0.2, 0.25) is 0 Å². The Morgan fingerprint density at radius 1 is 1.23 bits per heavy atom. The molecule has 72 valence electrons. The van der Waals surface area contributed by atoms with Crippen molar-refractivity contribution in [1.82, 2.24) is 9.81 Å². The van der Waals surface area contributed by atoms with Crippen LogP contribution in [-0.4, -0.2) is 19.7 Å². The summed E-state index contributed by atoms with van der Waals surface area (Å²) < 4.78 is -0.120. The maximum atomic E-state index is 10.5. The van der Waals surface area contributed by atoms with Crippen molar-refractivity contribution in [3.05, 3.63) is 37.1 Å². The molecule has 0 bridgehead atoms. The van der Waals surface area contributed by atoms with Gasteiger partial charge in [-0.2, -0.15) is 0 Å². The topological polar surface area (TPSA) is 125 Å². The van der Waals surface area contributed by atoms with Crippen LogP contribution in [-0.2, 0) is 4.94 Å². The van der Waals surface area contributed by atoms with Crippen molar-refractivity contribution in [3.63, 3.8) is 0 Å². The molecule has 0 radical (unpaired) electrons. The van der Waals surface area contributed by atoms with Crippen LogP contribution in [0.3, 0.4) is 0 Å². The van der Waals surface area contributed by atoms with E-state index in [9.17, 15) is 25.4 Å². The summed E-state index contributed by atoms with van der Waals surface area (Å²) in [6.45, 7) is 0. The fraction of sp³-hybridized carbons (Fsp3) is 0. The summed E-state index contributed by atoms with van der Waals surface area (Å²) in [6.07, 6.45) is 0. The average Bonchev–Trinajstić information content (AvgIpc) is 2.24. The van der Waals surface area contributed by atoms with Crippen molar-refractivity contribution in [2.24, 2.45) is 0 Å². The first-order chi connectivity index (χ1) is 5.95. The van der Waals surface area contributed by atoms with Crippen molar-refractivity contribution in [2.45, 2.75) is 0 Å². The van der Waals surface area contributed by atoms with Crippen LogP contribution in [0.5, 0.6) is 0 Å². The van der Waals surface area contributed by atoms with Gasteiger partial charge in [0.25, 0.3) is 0 Å². The molecule has 0 amide bonds. The number of hydrogen-bond donors (Lipinski definition) is 0. The van der Waals surface area contributed by atoms with E-state index in [2.05, 4.69) is 4.94 Å². The zero-order chi connectivity index (χ0) is 10.2. The molecule has 0 fully saturated rings. The Morgan fingerprint density at radius 3 is 2.00 bits per heavy atom. The van der Waals surface area contributed by atoms with Gasteiger partial charge in [0.1, 0.15) is 0 Å². The molecule has 1 aliphatic rings. The molecule has 1 rings (SSSR count). The molecular formula is C2ClN4O6-. The first-order valence-corrected chi connectivity index (χ1v) is 2.93. The van der Waals surface area contributed by atoms with Gasteiger partial charge in [-0.25, -0.2) is 0 Å². The van der Waals surface area contributed by atoms with Gasteiger partial charge in [0.15, 0.2) is 11.8 Å². The third-order valence-electron chi connectivity index (χ3n) is 1.03. The van der Waals surface area contributed by atoms with E-state index in [0.717, 1.165) is 0 Å². The molecular weight excluding hydrogens is 211 g/mol. The minimum absolute atomic E-state index is 0.120. The van der Waals surface area contributed by atoms with E-state index in [0.29, 0.717) is 0 Å². The predicted octanol–water partition coefficient (Wildman–Crippen LogP) is -0.218. The van der Waals surface area contributed by atoms with Gasteiger partial charge in [0, 0.05) is 4.94 Å². The average molecular weight is 211 g/mol. The third kappa shape index (κ3) is 1.44. The molecule has 0 aliphatic carbocycles. The Labute approximate surface area is 74.4 Å². The smallest absolute Gasteiger partial charge is 0.468 e. The van der Waals surface area contributed by atoms with Gasteiger partial charge in [0.05, 0.1) is 4.58 Å². The molecule has 0 spiro atoms. The first-order valence-electron chi connectivity index (χ1n) is 2.59. The Balaban J connectivity index is 3.18. The van der Waals surface area contributed by atoms with Gasteiger partial charge < -0.3 is 25.4 Å².